The molecule has 0 unspecified atom stereocenters. The maximum Gasteiger partial charge on any atom is 0.424 e. The van der Waals surface area contributed by atoms with Crippen molar-refractivity contribution in [3.63, 3.8) is 0 Å². The van der Waals surface area contributed by atoms with Gasteiger partial charge in [0.2, 0.25) is 11.5 Å². The van der Waals surface area contributed by atoms with Gasteiger partial charge in [-0.1, -0.05) is 0 Å². The molecule has 1 N–H and O–H groups in total. The van der Waals surface area contributed by atoms with E-state index in [1.807, 2.05) is 0 Å². The molecule has 7 nitrogen and oxygen atoms in total. The Kier molecular flexibility index (Phi) is 3.63. The van der Waals surface area contributed by atoms with Crippen LogP contribution in [0, 0.1) is 16.7 Å². The van der Waals surface area contributed by atoms with Crippen molar-refractivity contribution in [3.05, 3.63) is 18.1 Å². The molecule has 2 atom stereocenters. The summed E-state index contributed by atoms with van der Waals surface area (Å²) in [6.07, 6.45) is -1.97. The summed E-state index contributed by atoms with van der Waals surface area (Å²) in [5.41, 5.74) is -2.53. The maximum atomic E-state index is 13.3. The standard InChI is InChI=1S/C17H18F3N5O2/c1-10-7-24-11(5-13(23-24)27-9-16(8-21)3-4-16)12-6-22-14(25(10)12)15(2,26)17(18,19)20/h5-6,10,26H,3-4,7,9H2,1-2H3/t10-,15+/m0/s1. The van der Waals surface area contributed by atoms with Gasteiger partial charge >= 0.3 is 6.18 Å². The molecule has 10 heteroatoms. The van der Waals surface area contributed by atoms with Crippen LogP contribution >= 0.6 is 0 Å². The van der Waals surface area contributed by atoms with E-state index < -0.39 is 23.0 Å². The Morgan fingerprint density at radius 3 is 2.70 bits per heavy atom. The van der Waals surface area contributed by atoms with Gasteiger partial charge in [-0.15, -0.1) is 5.10 Å². The molecule has 0 aromatic carbocycles. The van der Waals surface area contributed by atoms with Crippen molar-refractivity contribution in [1.29, 1.82) is 5.26 Å². The first-order valence-electron chi connectivity index (χ1n) is 8.57. The van der Waals surface area contributed by atoms with Crippen LogP contribution in [0.5, 0.6) is 5.88 Å². The van der Waals surface area contributed by atoms with Gasteiger partial charge in [0, 0.05) is 6.07 Å². The normalized spacial score (nSPS) is 22.3. The summed E-state index contributed by atoms with van der Waals surface area (Å²) in [4.78, 5) is 3.87. The number of ether oxygens (including phenoxy) is 1. The number of aliphatic hydroxyl groups is 1. The Morgan fingerprint density at radius 2 is 2.11 bits per heavy atom. The SMILES string of the molecule is C[C@H]1Cn2nc(OCC3(C#N)CC3)cc2-c2cnc([C@@](C)(O)C(F)(F)F)n21. The molecule has 1 saturated carbocycles. The molecule has 0 radical (unpaired) electrons. The maximum absolute atomic E-state index is 13.3. The highest BCUT2D eigenvalue weighted by molar-refractivity contribution is 5.58. The van der Waals surface area contributed by atoms with Crippen molar-refractivity contribution >= 4 is 0 Å². The van der Waals surface area contributed by atoms with E-state index >= 15 is 0 Å². The Bertz CT molecular complexity index is 933. The van der Waals surface area contributed by atoms with Crippen LogP contribution < -0.4 is 4.74 Å². The van der Waals surface area contributed by atoms with Gasteiger partial charge in [0.1, 0.15) is 6.61 Å². The van der Waals surface area contributed by atoms with Gasteiger partial charge in [-0.25, -0.2) is 4.98 Å². The Labute approximate surface area is 153 Å². The fourth-order valence-corrected chi connectivity index (χ4v) is 3.28. The zero-order chi connectivity index (χ0) is 19.6. The van der Waals surface area contributed by atoms with Gasteiger partial charge in [-0.2, -0.15) is 18.4 Å². The molecule has 0 spiro atoms. The number of hydrogen-bond acceptors (Lipinski definition) is 5. The fraction of sp³-hybridized carbons (Fsp3) is 0.588. The quantitative estimate of drug-likeness (QED) is 0.880. The summed E-state index contributed by atoms with van der Waals surface area (Å²) in [6.45, 7) is 2.99. The van der Waals surface area contributed by atoms with Gasteiger partial charge in [-0.05, 0) is 26.7 Å². The smallest absolute Gasteiger partial charge is 0.424 e. The molecule has 2 aromatic heterocycles. The molecule has 27 heavy (non-hydrogen) atoms. The Hall–Kier alpha value is -2.54. The largest absolute Gasteiger partial charge is 0.475 e. The van der Waals surface area contributed by atoms with E-state index in [1.54, 1.807) is 17.7 Å². The van der Waals surface area contributed by atoms with Gasteiger partial charge in [0.15, 0.2) is 5.82 Å². The summed E-state index contributed by atoms with van der Waals surface area (Å²) >= 11 is 0. The fourth-order valence-electron chi connectivity index (χ4n) is 3.28. The predicted octanol–water partition coefficient (Wildman–Crippen LogP) is 2.77. The molecule has 2 aliphatic rings. The van der Waals surface area contributed by atoms with Crippen LogP contribution in [0.25, 0.3) is 11.4 Å². The highest BCUT2D eigenvalue weighted by atomic mass is 19.4. The second-order valence-electron chi connectivity index (χ2n) is 7.49. The second-order valence-corrected chi connectivity index (χ2v) is 7.49. The lowest BCUT2D eigenvalue weighted by Gasteiger charge is -2.31. The first-order valence-corrected chi connectivity index (χ1v) is 8.57. The van der Waals surface area contributed by atoms with Crippen LogP contribution in [0.2, 0.25) is 0 Å². The average molecular weight is 381 g/mol. The molecule has 144 valence electrons. The van der Waals surface area contributed by atoms with Crippen LogP contribution in [-0.2, 0) is 12.1 Å². The number of imidazole rings is 1. The minimum absolute atomic E-state index is 0.239. The molecular formula is C17H18F3N5O2. The summed E-state index contributed by atoms with van der Waals surface area (Å²) in [5, 5.41) is 23.5. The minimum Gasteiger partial charge on any atom is -0.475 e. The van der Waals surface area contributed by atoms with Crippen LogP contribution in [0.1, 0.15) is 38.6 Å². The third kappa shape index (κ3) is 2.68. The lowest BCUT2D eigenvalue weighted by Crippen LogP contribution is -2.42. The lowest BCUT2D eigenvalue weighted by molar-refractivity contribution is -0.262. The van der Waals surface area contributed by atoms with E-state index in [9.17, 15) is 18.3 Å². The Morgan fingerprint density at radius 1 is 1.41 bits per heavy atom. The van der Waals surface area contributed by atoms with Gasteiger partial charge in [0.25, 0.3) is 0 Å². The molecule has 1 fully saturated rings. The van der Waals surface area contributed by atoms with E-state index in [1.165, 1.54) is 10.8 Å². The van der Waals surface area contributed by atoms with Gasteiger partial charge in [-0.3, -0.25) is 4.68 Å². The highest BCUT2D eigenvalue weighted by Gasteiger charge is 2.55. The molecule has 0 bridgehead atoms. The van der Waals surface area contributed by atoms with Crippen LogP contribution in [-0.4, -0.2) is 37.2 Å². The van der Waals surface area contributed by atoms with E-state index in [-0.39, 0.29) is 12.6 Å². The molecule has 1 aliphatic carbocycles. The highest BCUT2D eigenvalue weighted by Crippen LogP contribution is 2.45. The predicted molar refractivity (Wildman–Crippen MR) is 86.6 cm³/mol. The molecule has 3 heterocycles. The number of aromatic nitrogens is 4. The average Bonchev–Trinajstić information content (AvgIpc) is 3.02. The number of alkyl halides is 3. The van der Waals surface area contributed by atoms with Crippen molar-refractivity contribution in [3.8, 4) is 23.3 Å². The van der Waals surface area contributed by atoms with E-state index in [2.05, 4.69) is 16.2 Å². The molecule has 0 saturated heterocycles. The van der Waals surface area contributed by atoms with E-state index in [0.717, 1.165) is 12.8 Å². The summed E-state index contributed by atoms with van der Waals surface area (Å²) < 4.78 is 48.5. The van der Waals surface area contributed by atoms with Crippen molar-refractivity contribution in [2.45, 2.75) is 51.1 Å². The molecule has 2 aromatic rings. The van der Waals surface area contributed by atoms with Crippen LogP contribution in [0.4, 0.5) is 13.2 Å². The first-order chi connectivity index (χ1) is 12.6. The number of halogens is 3. The van der Waals surface area contributed by atoms with Crippen molar-refractivity contribution < 1.29 is 23.0 Å². The zero-order valence-corrected chi connectivity index (χ0v) is 14.8. The van der Waals surface area contributed by atoms with Crippen LogP contribution in [0.3, 0.4) is 0 Å². The number of hydrogen-bond donors (Lipinski definition) is 1. The Balaban J connectivity index is 1.68. The number of nitrogens with zero attached hydrogens (tertiary/aromatic N) is 5. The number of fused-ring (bicyclic) bond motifs is 3. The second kappa shape index (κ2) is 5.48. The lowest BCUT2D eigenvalue weighted by atomic mass is 10.0. The monoisotopic (exact) mass is 381 g/mol. The summed E-state index contributed by atoms with van der Waals surface area (Å²) in [6, 6.07) is 3.47. The van der Waals surface area contributed by atoms with E-state index in [0.29, 0.717) is 30.7 Å². The van der Waals surface area contributed by atoms with E-state index in [4.69, 9.17) is 10.00 Å². The van der Waals surface area contributed by atoms with Gasteiger partial charge in [0.05, 0.1) is 41.7 Å². The van der Waals surface area contributed by atoms with Crippen molar-refractivity contribution in [2.24, 2.45) is 5.41 Å². The van der Waals surface area contributed by atoms with Crippen LogP contribution in [0.15, 0.2) is 12.3 Å². The molecule has 0 amide bonds. The third-order valence-electron chi connectivity index (χ3n) is 5.27. The molecular weight excluding hydrogens is 363 g/mol. The minimum atomic E-state index is -4.85. The van der Waals surface area contributed by atoms with Gasteiger partial charge < -0.3 is 14.4 Å². The molecule has 4 rings (SSSR count). The molecule has 1 aliphatic heterocycles. The number of rotatable bonds is 4. The van der Waals surface area contributed by atoms with Crippen molar-refractivity contribution in [1.82, 2.24) is 19.3 Å². The van der Waals surface area contributed by atoms with Crippen molar-refractivity contribution in [2.75, 3.05) is 6.61 Å². The summed E-state index contributed by atoms with van der Waals surface area (Å²) in [5.74, 6) is -0.133. The topological polar surface area (TPSA) is 88.9 Å². The summed E-state index contributed by atoms with van der Waals surface area (Å²) in [7, 11) is 0. The number of nitriles is 1. The first kappa shape index (κ1) is 17.9. The third-order valence-corrected chi connectivity index (χ3v) is 5.27. The zero-order valence-electron chi connectivity index (χ0n) is 14.8.